The highest BCUT2D eigenvalue weighted by molar-refractivity contribution is 7.99. The first-order valence-electron chi connectivity index (χ1n) is 6.96. The number of thioether (sulfide) groups is 1. The number of alkyl halides is 3. The van der Waals surface area contributed by atoms with Crippen molar-refractivity contribution in [2.45, 2.75) is 24.0 Å². The summed E-state index contributed by atoms with van der Waals surface area (Å²) in [7, 11) is 0. The summed E-state index contributed by atoms with van der Waals surface area (Å²) in [5.41, 5.74) is 0.888. The minimum Gasteiger partial charge on any atom is -0.367 e. The molecule has 0 spiro atoms. The van der Waals surface area contributed by atoms with Gasteiger partial charge in [0, 0.05) is 24.5 Å². The first kappa shape index (κ1) is 17.5. The minimum atomic E-state index is -4.19. The molecule has 0 unspecified atom stereocenters. The first-order chi connectivity index (χ1) is 10.8. The van der Waals surface area contributed by atoms with Crippen LogP contribution in [0, 0.1) is 10.1 Å². The van der Waals surface area contributed by atoms with Gasteiger partial charge in [0.15, 0.2) is 5.82 Å². The van der Waals surface area contributed by atoms with Gasteiger partial charge in [-0.1, -0.05) is 12.1 Å². The summed E-state index contributed by atoms with van der Waals surface area (Å²) >= 11 is 0.739. The summed E-state index contributed by atoms with van der Waals surface area (Å²) in [5, 5.41) is 13.6. The molecule has 1 fully saturated rings. The molecule has 0 amide bonds. The number of hydrogen-bond donors (Lipinski definition) is 1. The van der Waals surface area contributed by atoms with E-state index in [1.54, 1.807) is 24.3 Å². The summed E-state index contributed by atoms with van der Waals surface area (Å²) in [6.07, 6.45) is -2.38. The molecule has 23 heavy (non-hydrogen) atoms. The first-order valence-corrected chi connectivity index (χ1v) is 7.95. The Morgan fingerprint density at radius 2 is 2.04 bits per heavy atom. The van der Waals surface area contributed by atoms with E-state index < -0.39 is 16.9 Å². The molecule has 0 aliphatic carbocycles. The van der Waals surface area contributed by atoms with Gasteiger partial charge in [-0.25, -0.2) is 0 Å². The molecule has 2 rings (SSSR count). The zero-order chi connectivity index (χ0) is 16.9. The van der Waals surface area contributed by atoms with Crippen LogP contribution >= 0.6 is 11.8 Å². The van der Waals surface area contributed by atoms with E-state index in [9.17, 15) is 23.3 Å². The Morgan fingerprint density at radius 1 is 1.35 bits per heavy atom. The van der Waals surface area contributed by atoms with Gasteiger partial charge in [0.25, 0.3) is 6.20 Å². The Bertz CT molecular complexity index is 576. The van der Waals surface area contributed by atoms with E-state index in [0.29, 0.717) is 30.4 Å². The van der Waals surface area contributed by atoms with E-state index >= 15 is 0 Å². The lowest BCUT2D eigenvalue weighted by Crippen LogP contribution is -2.39. The molecule has 9 heteroatoms. The zero-order valence-electron chi connectivity index (χ0n) is 12.2. The monoisotopic (exact) mass is 347 g/mol. The van der Waals surface area contributed by atoms with E-state index in [-0.39, 0.29) is 0 Å². The van der Waals surface area contributed by atoms with E-state index in [4.69, 9.17) is 0 Å². The van der Waals surface area contributed by atoms with Gasteiger partial charge >= 0.3 is 6.18 Å². The van der Waals surface area contributed by atoms with Gasteiger partial charge in [0.05, 0.1) is 10.7 Å². The molecule has 0 atom stereocenters. The number of nitrogens with zero attached hydrogens (tertiary/aromatic N) is 2. The third-order valence-corrected chi connectivity index (χ3v) is 4.26. The molecule has 1 aromatic carbocycles. The smallest absolute Gasteiger partial charge is 0.367 e. The van der Waals surface area contributed by atoms with Gasteiger partial charge in [0.2, 0.25) is 0 Å². The lowest BCUT2D eigenvalue weighted by molar-refractivity contribution is -0.405. The number of nitro groups is 1. The van der Waals surface area contributed by atoms with Crippen molar-refractivity contribution >= 4 is 11.8 Å². The van der Waals surface area contributed by atoms with Crippen LogP contribution in [0.15, 0.2) is 41.2 Å². The van der Waals surface area contributed by atoms with E-state index in [1.807, 2.05) is 4.90 Å². The minimum absolute atomic E-state index is 0.455. The molecular formula is C14H16F3N3O2S. The lowest BCUT2D eigenvalue weighted by atomic mass is 10.2. The zero-order valence-corrected chi connectivity index (χ0v) is 13.0. The highest BCUT2D eigenvalue weighted by Crippen LogP contribution is 2.27. The van der Waals surface area contributed by atoms with Crippen molar-refractivity contribution in [3.63, 3.8) is 0 Å². The third-order valence-electron chi connectivity index (χ3n) is 3.18. The van der Waals surface area contributed by atoms with Gasteiger partial charge in [0.1, 0.15) is 0 Å². The molecule has 1 heterocycles. The Labute approximate surface area is 135 Å². The maximum atomic E-state index is 12.2. The summed E-state index contributed by atoms with van der Waals surface area (Å²) < 4.78 is 36.5. The van der Waals surface area contributed by atoms with Crippen LogP contribution in [0.25, 0.3) is 0 Å². The maximum Gasteiger partial charge on any atom is 0.398 e. The fourth-order valence-corrected chi connectivity index (χ4v) is 2.85. The van der Waals surface area contributed by atoms with Crippen LogP contribution in [-0.2, 0) is 6.54 Å². The number of hydrogen-bond acceptors (Lipinski definition) is 5. The van der Waals surface area contributed by atoms with E-state index in [0.717, 1.165) is 29.9 Å². The Hall–Kier alpha value is -1.90. The molecule has 1 aliphatic heterocycles. The van der Waals surface area contributed by atoms with Crippen LogP contribution in [0.3, 0.4) is 0 Å². The van der Waals surface area contributed by atoms with Crippen molar-refractivity contribution in [1.82, 2.24) is 10.2 Å². The molecule has 0 radical (unpaired) electrons. The van der Waals surface area contributed by atoms with Gasteiger partial charge < -0.3 is 10.2 Å². The largest absolute Gasteiger partial charge is 0.398 e. The molecule has 0 aromatic heterocycles. The molecule has 1 N–H and O–H groups in total. The van der Waals surface area contributed by atoms with Crippen LogP contribution in [0.1, 0.15) is 12.0 Å². The van der Waals surface area contributed by atoms with E-state index in [2.05, 4.69) is 5.32 Å². The van der Waals surface area contributed by atoms with E-state index in [1.165, 1.54) is 0 Å². The van der Waals surface area contributed by atoms with Crippen molar-refractivity contribution < 1.29 is 18.1 Å². The van der Waals surface area contributed by atoms with Gasteiger partial charge in [-0.3, -0.25) is 10.1 Å². The normalized spacial score (nSPS) is 17.2. The van der Waals surface area contributed by atoms with Crippen LogP contribution in [0.4, 0.5) is 13.2 Å². The maximum absolute atomic E-state index is 12.2. The topological polar surface area (TPSA) is 58.4 Å². The predicted molar refractivity (Wildman–Crippen MR) is 81.3 cm³/mol. The number of halogens is 3. The van der Waals surface area contributed by atoms with Gasteiger partial charge in [-0.15, -0.1) is 11.8 Å². The lowest BCUT2D eigenvalue weighted by Gasteiger charge is -2.30. The quantitative estimate of drug-likeness (QED) is 0.503. The summed E-state index contributed by atoms with van der Waals surface area (Å²) in [6, 6.07) is 6.77. The second kappa shape index (κ2) is 7.58. The number of benzene rings is 1. The number of nitrogens with one attached hydrogen (secondary N) is 1. The Kier molecular flexibility index (Phi) is 5.75. The van der Waals surface area contributed by atoms with Crippen molar-refractivity contribution in [2.24, 2.45) is 0 Å². The molecule has 0 bridgehead atoms. The molecule has 1 aliphatic rings. The third kappa shape index (κ3) is 6.01. The fraction of sp³-hybridized carbons (Fsp3) is 0.429. The molecular weight excluding hydrogens is 331 g/mol. The predicted octanol–water partition coefficient (Wildman–Crippen LogP) is 3.21. The Morgan fingerprint density at radius 3 is 2.65 bits per heavy atom. The molecule has 0 saturated carbocycles. The van der Waals surface area contributed by atoms with Crippen LogP contribution < -0.4 is 5.32 Å². The average Bonchev–Trinajstić information content (AvgIpc) is 2.47. The highest BCUT2D eigenvalue weighted by atomic mass is 32.2. The summed E-state index contributed by atoms with van der Waals surface area (Å²) in [5.74, 6) is -0.463. The number of rotatable bonds is 5. The van der Waals surface area contributed by atoms with Crippen molar-refractivity contribution in [3.05, 3.63) is 52.0 Å². The summed E-state index contributed by atoms with van der Waals surface area (Å²) in [4.78, 5) is 12.5. The molecule has 5 nitrogen and oxygen atoms in total. The van der Waals surface area contributed by atoms with Gasteiger partial charge in [-0.05, 0) is 24.1 Å². The van der Waals surface area contributed by atoms with Crippen LogP contribution in [-0.4, -0.2) is 34.8 Å². The van der Waals surface area contributed by atoms with Crippen LogP contribution in [0.2, 0.25) is 0 Å². The molecule has 126 valence electrons. The van der Waals surface area contributed by atoms with Gasteiger partial charge in [-0.2, -0.15) is 13.2 Å². The second-order valence-corrected chi connectivity index (χ2v) is 6.10. The summed E-state index contributed by atoms with van der Waals surface area (Å²) in [6.45, 7) is 1.84. The van der Waals surface area contributed by atoms with Crippen molar-refractivity contribution in [2.75, 3.05) is 18.8 Å². The highest BCUT2D eigenvalue weighted by Gasteiger charge is 2.27. The van der Waals surface area contributed by atoms with Crippen molar-refractivity contribution in [3.8, 4) is 0 Å². The van der Waals surface area contributed by atoms with Crippen LogP contribution in [0.5, 0.6) is 0 Å². The Balaban J connectivity index is 1.98. The molecule has 1 saturated heterocycles. The second-order valence-electron chi connectivity index (χ2n) is 5.05. The average molecular weight is 347 g/mol. The van der Waals surface area contributed by atoms with Crippen molar-refractivity contribution in [1.29, 1.82) is 0 Å². The fourth-order valence-electron chi connectivity index (χ4n) is 2.19. The molecule has 1 aromatic rings. The SMILES string of the molecule is O=[N+]([O-])C=C1NCCCN1Cc1ccc(SCC(F)(F)F)cc1. The standard InChI is InChI=1S/C14H16F3N3O2S/c15-14(16,17)10-23-12-4-2-11(3-5-12)8-19-7-1-6-18-13(19)9-20(21)22/h2-5,9,18H,1,6-8,10H2.